The molecule has 1 atom stereocenters. The molecule has 412 valence electrons. The first-order valence-corrected chi connectivity index (χ1v) is 29.5. The lowest BCUT2D eigenvalue weighted by molar-refractivity contribution is -0.174. The standard InChI is InChI=1S/C61H109NO9/c1-6-11-14-17-20-23-26-28-30-32-34-37-40-43-46-50-58(63)68-54-56(55-69-59(64)51-47-44-41-38-35-33-31-29-27-24-21-18-15-12-7-2)70-60(65)57(49-45-42-39-36-25-22-19-16-13-8-3)71-61(66)67-53-48-52-62(9-4)10-5/h20-21,23-24,28-31,56-57H,6-19,22,25-27,32-55H2,1-5H3. The van der Waals surface area contributed by atoms with Crippen molar-refractivity contribution in [2.24, 2.45) is 0 Å². The van der Waals surface area contributed by atoms with Crippen LogP contribution in [0.3, 0.4) is 0 Å². The van der Waals surface area contributed by atoms with Gasteiger partial charge in [0.1, 0.15) is 13.2 Å². The van der Waals surface area contributed by atoms with Gasteiger partial charge in [-0.3, -0.25) is 9.59 Å². The van der Waals surface area contributed by atoms with Crippen LogP contribution in [0.25, 0.3) is 0 Å². The molecule has 0 amide bonds. The molecule has 0 bridgehead atoms. The molecule has 0 heterocycles. The molecule has 0 rings (SSSR count). The number of nitrogens with zero attached hydrogens (tertiary/aromatic N) is 1. The van der Waals surface area contributed by atoms with Gasteiger partial charge in [0.15, 0.2) is 6.10 Å². The van der Waals surface area contributed by atoms with E-state index in [0.717, 1.165) is 116 Å². The fourth-order valence-corrected chi connectivity index (χ4v) is 8.21. The van der Waals surface area contributed by atoms with Gasteiger partial charge in [0.2, 0.25) is 6.10 Å². The first-order valence-electron chi connectivity index (χ1n) is 29.5. The SMILES string of the molecule is CCCCCC=CCC=CCCCCCCCC(=O)OCC(COC(=O)CCCCCCCC=CCC=CCCCCC)OC(=O)C(CCCCCCCCCCCC)OC(=O)OCCCN(CC)CC. The Morgan fingerprint density at radius 3 is 1.23 bits per heavy atom. The topological polar surface area (TPSA) is 118 Å². The average Bonchev–Trinajstić information content (AvgIpc) is 3.37. The van der Waals surface area contributed by atoms with Crippen molar-refractivity contribution in [3.8, 4) is 0 Å². The molecular formula is C61H109NO9. The minimum Gasteiger partial charge on any atom is -0.462 e. The summed E-state index contributed by atoms with van der Waals surface area (Å²) in [4.78, 5) is 54.7. The molecule has 0 aromatic carbocycles. The minimum absolute atomic E-state index is 0.174. The summed E-state index contributed by atoms with van der Waals surface area (Å²) in [6, 6.07) is 0. The molecule has 0 saturated carbocycles. The van der Waals surface area contributed by atoms with Crippen LogP contribution >= 0.6 is 0 Å². The highest BCUT2D eigenvalue weighted by molar-refractivity contribution is 5.77. The van der Waals surface area contributed by atoms with E-state index in [1.165, 1.54) is 89.9 Å². The fraction of sp³-hybridized carbons (Fsp3) is 0.803. The molecule has 0 spiro atoms. The zero-order valence-electron chi connectivity index (χ0n) is 46.6. The molecule has 0 aliphatic rings. The number of allylic oxidation sites excluding steroid dienone is 8. The van der Waals surface area contributed by atoms with E-state index in [1.54, 1.807) is 0 Å². The van der Waals surface area contributed by atoms with E-state index < -0.39 is 24.3 Å². The van der Waals surface area contributed by atoms with Gasteiger partial charge in [0.25, 0.3) is 0 Å². The van der Waals surface area contributed by atoms with Gasteiger partial charge in [0.05, 0.1) is 6.61 Å². The third-order valence-electron chi connectivity index (χ3n) is 12.9. The number of hydrogen-bond acceptors (Lipinski definition) is 10. The molecule has 0 N–H and O–H groups in total. The van der Waals surface area contributed by atoms with Crippen LogP contribution in [-0.2, 0) is 38.1 Å². The molecule has 0 fully saturated rings. The van der Waals surface area contributed by atoms with Crippen molar-refractivity contribution < 1.29 is 42.9 Å². The van der Waals surface area contributed by atoms with E-state index in [-0.39, 0.29) is 51.0 Å². The van der Waals surface area contributed by atoms with Gasteiger partial charge in [-0.25, -0.2) is 9.59 Å². The van der Waals surface area contributed by atoms with E-state index >= 15 is 0 Å². The molecule has 1 unspecified atom stereocenters. The maximum absolute atomic E-state index is 13.8. The van der Waals surface area contributed by atoms with E-state index in [9.17, 15) is 19.2 Å². The van der Waals surface area contributed by atoms with Crippen molar-refractivity contribution in [2.45, 2.75) is 278 Å². The van der Waals surface area contributed by atoms with E-state index in [0.29, 0.717) is 25.7 Å². The maximum atomic E-state index is 13.8. The Bertz CT molecular complexity index is 1280. The quantitative estimate of drug-likeness (QED) is 0.0252. The number of unbranched alkanes of at least 4 members (excludes halogenated alkanes) is 25. The maximum Gasteiger partial charge on any atom is 0.509 e. The zero-order chi connectivity index (χ0) is 51.9. The van der Waals surface area contributed by atoms with Gasteiger partial charge in [0, 0.05) is 19.4 Å². The van der Waals surface area contributed by atoms with Crippen LogP contribution in [0.2, 0.25) is 0 Å². The molecule has 71 heavy (non-hydrogen) atoms. The van der Waals surface area contributed by atoms with Gasteiger partial charge < -0.3 is 28.6 Å². The van der Waals surface area contributed by atoms with Crippen LogP contribution in [0.15, 0.2) is 48.6 Å². The second-order valence-corrected chi connectivity index (χ2v) is 19.4. The number of rotatable bonds is 52. The number of esters is 3. The van der Waals surface area contributed by atoms with Gasteiger partial charge in [-0.05, 0) is 109 Å². The molecule has 0 aliphatic heterocycles. The first-order chi connectivity index (χ1) is 34.8. The highest BCUT2D eigenvalue weighted by Crippen LogP contribution is 2.17. The van der Waals surface area contributed by atoms with Crippen LogP contribution in [0.5, 0.6) is 0 Å². The summed E-state index contributed by atoms with van der Waals surface area (Å²) < 4.78 is 28.1. The molecule has 0 aromatic heterocycles. The molecule has 0 saturated heterocycles. The summed E-state index contributed by atoms with van der Waals surface area (Å²) in [5.41, 5.74) is 0. The van der Waals surface area contributed by atoms with Crippen LogP contribution in [0.1, 0.15) is 266 Å². The predicted octanol–water partition coefficient (Wildman–Crippen LogP) is 17.2. The second-order valence-electron chi connectivity index (χ2n) is 19.4. The Morgan fingerprint density at radius 2 is 0.789 bits per heavy atom. The van der Waals surface area contributed by atoms with Crippen molar-refractivity contribution in [3.05, 3.63) is 48.6 Å². The van der Waals surface area contributed by atoms with Gasteiger partial charge >= 0.3 is 24.1 Å². The molecule has 10 nitrogen and oxygen atoms in total. The fourth-order valence-electron chi connectivity index (χ4n) is 8.21. The van der Waals surface area contributed by atoms with E-state index in [2.05, 4.69) is 88.1 Å². The smallest absolute Gasteiger partial charge is 0.462 e. The van der Waals surface area contributed by atoms with E-state index in [4.69, 9.17) is 23.7 Å². The van der Waals surface area contributed by atoms with Gasteiger partial charge in [-0.2, -0.15) is 0 Å². The molecule has 0 aromatic rings. The number of ether oxygens (including phenoxy) is 5. The van der Waals surface area contributed by atoms with Crippen molar-refractivity contribution in [1.29, 1.82) is 0 Å². The predicted molar refractivity (Wildman–Crippen MR) is 296 cm³/mol. The number of hydrogen-bond donors (Lipinski definition) is 0. The Hall–Kier alpha value is -3.40. The van der Waals surface area contributed by atoms with Gasteiger partial charge in [-0.1, -0.05) is 205 Å². The van der Waals surface area contributed by atoms with Crippen molar-refractivity contribution in [2.75, 3.05) is 39.5 Å². The lowest BCUT2D eigenvalue weighted by Crippen LogP contribution is -2.37. The zero-order valence-corrected chi connectivity index (χ0v) is 46.6. The van der Waals surface area contributed by atoms with Crippen molar-refractivity contribution in [3.63, 3.8) is 0 Å². The van der Waals surface area contributed by atoms with Crippen molar-refractivity contribution >= 4 is 24.1 Å². The Kier molecular flexibility index (Phi) is 51.8. The third kappa shape index (κ3) is 48.6. The summed E-state index contributed by atoms with van der Waals surface area (Å²) in [5, 5.41) is 0. The summed E-state index contributed by atoms with van der Waals surface area (Å²) in [6.45, 7) is 13.1. The monoisotopic (exact) mass is 1000 g/mol. The first kappa shape index (κ1) is 67.6. The largest absolute Gasteiger partial charge is 0.509 e. The van der Waals surface area contributed by atoms with Crippen molar-refractivity contribution in [1.82, 2.24) is 4.90 Å². The Labute approximate surface area is 436 Å². The average molecular weight is 1000 g/mol. The van der Waals surface area contributed by atoms with Gasteiger partial charge in [-0.15, -0.1) is 0 Å². The molecular weight excluding hydrogens is 891 g/mol. The normalized spacial score (nSPS) is 12.7. The van der Waals surface area contributed by atoms with Crippen LogP contribution in [0, 0.1) is 0 Å². The highest BCUT2D eigenvalue weighted by atomic mass is 16.7. The second kappa shape index (κ2) is 54.4. The van der Waals surface area contributed by atoms with Crippen LogP contribution in [0.4, 0.5) is 4.79 Å². The summed E-state index contributed by atoms with van der Waals surface area (Å²) in [7, 11) is 0. The minimum atomic E-state index is -1.20. The van der Waals surface area contributed by atoms with Crippen LogP contribution < -0.4 is 0 Å². The third-order valence-corrected chi connectivity index (χ3v) is 12.9. The number of carbonyl (C=O) groups is 4. The van der Waals surface area contributed by atoms with E-state index in [1.807, 2.05) is 0 Å². The summed E-state index contributed by atoms with van der Waals surface area (Å²) >= 11 is 0. The Morgan fingerprint density at radius 1 is 0.408 bits per heavy atom. The lowest BCUT2D eigenvalue weighted by Gasteiger charge is -2.22. The summed E-state index contributed by atoms with van der Waals surface area (Å²) in [6.07, 6.45) is 51.5. The lowest BCUT2D eigenvalue weighted by atomic mass is 10.0. The molecule has 10 heteroatoms. The highest BCUT2D eigenvalue weighted by Gasteiger charge is 2.29. The Balaban J connectivity index is 5.25. The molecule has 0 aliphatic carbocycles. The number of carbonyl (C=O) groups excluding carboxylic acids is 4. The molecule has 0 radical (unpaired) electrons. The van der Waals surface area contributed by atoms with Crippen LogP contribution in [-0.4, -0.2) is 80.6 Å². The summed E-state index contributed by atoms with van der Waals surface area (Å²) in [5.74, 6) is -1.54.